The van der Waals surface area contributed by atoms with Gasteiger partial charge in [-0.05, 0) is 73.2 Å². The first kappa shape index (κ1) is 22.2. The molecule has 2 unspecified atom stereocenters. The van der Waals surface area contributed by atoms with E-state index in [1.807, 2.05) is 66.2 Å². The van der Waals surface area contributed by atoms with Crippen molar-refractivity contribution in [3.8, 4) is 5.69 Å². The third-order valence-electron chi connectivity index (χ3n) is 5.92. The molecule has 1 fully saturated rings. The summed E-state index contributed by atoms with van der Waals surface area (Å²) in [5, 5.41) is 15.4. The average molecular weight is 534 g/mol. The predicted molar refractivity (Wildman–Crippen MR) is 139 cm³/mol. The third-order valence-corrected chi connectivity index (χ3v) is 7.12. The van der Waals surface area contributed by atoms with Gasteiger partial charge in [0.1, 0.15) is 6.04 Å². The number of hydrogen-bond acceptors (Lipinski definition) is 4. The van der Waals surface area contributed by atoms with Crippen LogP contribution in [0.5, 0.6) is 0 Å². The maximum atomic E-state index is 11.4. The highest BCUT2D eigenvalue weighted by molar-refractivity contribution is 9.10. The van der Waals surface area contributed by atoms with E-state index in [1.165, 1.54) is 6.07 Å². The Labute approximate surface area is 210 Å². The maximum absolute atomic E-state index is 11.4. The molecule has 0 radical (unpaired) electrons. The maximum Gasteiger partial charge on any atom is 0.271 e. The van der Waals surface area contributed by atoms with Gasteiger partial charge < -0.3 is 14.8 Å². The van der Waals surface area contributed by atoms with Crippen molar-refractivity contribution in [1.82, 2.24) is 14.9 Å². The number of pyridine rings is 1. The minimum Gasteiger partial charge on any atom is -0.351 e. The summed E-state index contributed by atoms with van der Waals surface area (Å²) in [5.41, 5.74) is 4.59. The van der Waals surface area contributed by atoms with Crippen molar-refractivity contribution in [3.05, 3.63) is 117 Å². The molecule has 3 heterocycles. The van der Waals surface area contributed by atoms with Crippen LogP contribution in [-0.2, 0) is 0 Å². The number of aromatic nitrogens is 2. The van der Waals surface area contributed by atoms with Crippen LogP contribution in [0.2, 0.25) is 0 Å². The number of nitrogens with zero attached hydrogens (tertiary/aromatic N) is 4. The fourth-order valence-corrected chi connectivity index (χ4v) is 4.93. The van der Waals surface area contributed by atoms with E-state index in [9.17, 15) is 10.1 Å². The van der Waals surface area contributed by atoms with Gasteiger partial charge in [-0.15, -0.1) is 0 Å². The Hall–Kier alpha value is -3.56. The first-order valence-corrected chi connectivity index (χ1v) is 11.8. The zero-order valence-electron chi connectivity index (χ0n) is 18.1. The molecule has 170 valence electrons. The highest BCUT2D eigenvalue weighted by Gasteiger charge is 2.42. The van der Waals surface area contributed by atoms with Gasteiger partial charge in [0.2, 0.25) is 0 Å². The second kappa shape index (κ2) is 9.00. The molecule has 9 heteroatoms. The molecule has 34 heavy (non-hydrogen) atoms. The van der Waals surface area contributed by atoms with Gasteiger partial charge in [-0.3, -0.25) is 15.1 Å². The number of nitro groups is 1. The Morgan fingerprint density at radius 1 is 1.06 bits per heavy atom. The lowest BCUT2D eigenvalue weighted by Crippen LogP contribution is -2.30. The van der Waals surface area contributed by atoms with Crippen LogP contribution in [0.15, 0.2) is 89.7 Å². The number of non-ortho nitro benzene ring substituents is 1. The summed E-state index contributed by atoms with van der Waals surface area (Å²) in [6, 6.07) is 22.1. The topological polar surface area (TPSA) is 76.2 Å². The molecular weight excluding hydrogens is 514 g/mol. The van der Waals surface area contributed by atoms with Crippen molar-refractivity contribution in [2.45, 2.75) is 19.0 Å². The smallest absolute Gasteiger partial charge is 0.271 e. The van der Waals surface area contributed by atoms with Crippen molar-refractivity contribution >= 4 is 44.6 Å². The number of rotatable bonds is 5. The lowest BCUT2D eigenvalue weighted by atomic mass is 10.0. The van der Waals surface area contributed by atoms with Gasteiger partial charge in [0.05, 0.1) is 22.3 Å². The molecule has 1 saturated heterocycles. The summed E-state index contributed by atoms with van der Waals surface area (Å²) in [6.07, 6.45) is 3.68. The van der Waals surface area contributed by atoms with E-state index in [2.05, 4.69) is 37.2 Å². The fourth-order valence-electron chi connectivity index (χ4n) is 4.34. The van der Waals surface area contributed by atoms with Crippen molar-refractivity contribution < 1.29 is 4.92 Å². The number of halogens is 1. The highest BCUT2D eigenvalue weighted by Crippen LogP contribution is 2.43. The molecule has 2 atom stereocenters. The second-order valence-corrected chi connectivity index (χ2v) is 9.25. The molecule has 2 aromatic heterocycles. The summed E-state index contributed by atoms with van der Waals surface area (Å²) >= 11 is 9.40. The van der Waals surface area contributed by atoms with E-state index in [0.717, 1.165) is 27.1 Å². The van der Waals surface area contributed by atoms with E-state index in [-0.39, 0.29) is 22.7 Å². The lowest BCUT2D eigenvalue weighted by molar-refractivity contribution is -0.384. The van der Waals surface area contributed by atoms with E-state index in [0.29, 0.717) is 10.8 Å². The van der Waals surface area contributed by atoms with E-state index < -0.39 is 0 Å². The third kappa shape index (κ3) is 3.97. The molecule has 0 amide bonds. The van der Waals surface area contributed by atoms with Gasteiger partial charge in [0.15, 0.2) is 5.11 Å². The van der Waals surface area contributed by atoms with Gasteiger partial charge >= 0.3 is 0 Å². The first-order chi connectivity index (χ1) is 16.4. The van der Waals surface area contributed by atoms with E-state index >= 15 is 0 Å². The summed E-state index contributed by atoms with van der Waals surface area (Å²) in [5.74, 6) is 0. The molecule has 1 N–H and O–H groups in total. The van der Waals surface area contributed by atoms with Crippen molar-refractivity contribution in [3.63, 3.8) is 0 Å². The summed E-state index contributed by atoms with van der Waals surface area (Å²) in [6.45, 7) is 2.04. The molecule has 0 spiro atoms. The Kier molecular flexibility index (Phi) is 5.89. The van der Waals surface area contributed by atoms with Gasteiger partial charge in [0.25, 0.3) is 5.69 Å². The Morgan fingerprint density at radius 2 is 1.91 bits per heavy atom. The van der Waals surface area contributed by atoms with E-state index in [4.69, 9.17) is 12.2 Å². The minimum absolute atomic E-state index is 0.0406. The van der Waals surface area contributed by atoms with Gasteiger partial charge in [-0.25, -0.2) is 0 Å². The molecule has 1 aliphatic rings. The van der Waals surface area contributed by atoms with E-state index in [1.54, 1.807) is 18.3 Å². The first-order valence-electron chi connectivity index (χ1n) is 10.6. The van der Waals surface area contributed by atoms with Gasteiger partial charge in [-0.1, -0.05) is 28.1 Å². The van der Waals surface area contributed by atoms with Crippen molar-refractivity contribution in [1.29, 1.82) is 0 Å². The predicted octanol–water partition coefficient (Wildman–Crippen LogP) is 6.03. The van der Waals surface area contributed by atoms with Crippen LogP contribution in [0.25, 0.3) is 5.69 Å². The Bertz CT molecular complexity index is 1390. The average Bonchev–Trinajstić information content (AvgIpc) is 3.46. The van der Waals surface area contributed by atoms with Crippen LogP contribution in [0.4, 0.5) is 11.4 Å². The number of hydrogen-bond donors (Lipinski definition) is 1. The van der Waals surface area contributed by atoms with Crippen LogP contribution in [0.3, 0.4) is 0 Å². The number of nitro benzene ring substituents is 1. The minimum atomic E-state index is -0.382. The summed E-state index contributed by atoms with van der Waals surface area (Å²) < 4.78 is 2.99. The van der Waals surface area contributed by atoms with Crippen LogP contribution >= 0.6 is 28.1 Å². The molecule has 0 aliphatic carbocycles. The normalized spacial score (nSPS) is 17.6. The lowest BCUT2D eigenvalue weighted by Gasteiger charge is -2.29. The molecule has 7 nitrogen and oxygen atoms in total. The van der Waals surface area contributed by atoms with Crippen LogP contribution < -0.4 is 10.2 Å². The number of anilines is 1. The van der Waals surface area contributed by atoms with Gasteiger partial charge in [-0.2, -0.15) is 0 Å². The molecule has 1 aliphatic heterocycles. The number of benzene rings is 2. The number of aryl methyl sites for hydroxylation is 1. The zero-order chi connectivity index (χ0) is 23.8. The summed E-state index contributed by atoms with van der Waals surface area (Å²) in [7, 11) is 0. The highest BCUT2D eigenvalue weighted by atomic mass is 79.9. The van der Waals surface area contributed by atoms with Crippen LogP contribution in [0.1, 0.15) is 29.0 Å². The molecule has 0 bridgehead atoms. The Morgan fingerprint density at radius 3 is 2.65 bits per heavy atom. The molecule has 4 aromatic rings. The number of nitrogens with one attached hydrogen (secondary N) is 1. The summed E-state index contributed by atoms with van der Waals surface area (Å²) in [4.78, 5) is 17.7. The molecule has 5 rings (SSSR count). The van der Waals surface area contributed by atoms with Crippen molar-refractivity contribution in [2.75, 3.05) is 4.90 Å². The van der Waals surface area contributed by atoms with Crippen molar-refractivity contribution in [2.24, 2.45) is 0 Å². The second-order valence-electron chi connectivity index (χ2n) is 8.01. The van der Waals surface area contributed by atoms with Gasteiger partial charge in [0, 0.05) is 40.4 Å². The fraction of sp³-hybridized carbons (Fsp3) is 0.120. The Balaban J connectivity index is 1.67. The quantitative estimate of drug-likeness (QED) is 0.192. The SMILES string of the molecule is Cc1cc(N2C(=S)NC(c3ccccn3)C2c2cccn2-c2cccc([N+](=O)[O-])c2)ccc1Br. The largest absolute Gasteiger partial charge is 0.351 e. The molecular formula is C25H20BrN5O2S. The van der Waals surface area contributed by atoms with Crippen LogP contribution in [0, 0.1) is 17.0 Å². The molecule has 2 aromatic carbocycles. The van der Waals surface area contributed by atoms with Crippen LogP contribution in [-0.4, -0.2) is 19.6 Å². The monoisotopic (exact) mass is 533 g/mol. The molecule has 0 saturated carbocycles. The zero-order valence-corrected chi connectivity index (χ0v) is 20.5. The number of thiocarbonyl (C=S) groups is 1. The standard InChI is InChI=1S/C25H20BrN5O2S/c1-16-14-18(10-11-20(16)26)30-24(23(28-25(30)34)21-8-2-3-12-27-21)22-9-5-13-29(22)17-6-4-7-19(15-17)31(32)33/h2-15,23-24H,1H3,(H,28,34).